The number of hydrogen-bond donors (Lipinski definition) is 1. The summed E-state index contributed by atoms with van der Waals surface area (Å²) < 4.78 is 2.09. The number of halogens is 1. The van der Waals surface area contributed by atoms with Gasteiger partial charge in [0.2, 0.25) is 0 Å². The Morgan fingerprint density at radius 1 is 1.07 bits per heavy atom. The summed E-state index contributed by atoms with van der Waals surface area (Å²) in [7, 11) is 0. The van der Waals surface area contributed by atoms with E-state index in [2.05, 4.69) is 26.1 Å². The summed E-state index contributed by atoms with van der Waals surface area (Å²) in [6.07, 6.45) is 0.967. The Kier molecular flexibility index (Phi) is 4.37. The van der Waals surface area contributed by atoms with Crippen molar-refractivity contribution in [2.24, 2.45) is 0 Å². The van der Waals surface area contributed by atoms with Crippen molar-refractivity contribution in [1.82, 2.24) is 25.0 Å². The highest BCUT2D eigenvalue weighted by Gasteiger charge is 2.27. The highest BCUT2D eigenvalue weighted by Crippen LogP contribution is 2.25. The third kappa shape index (κ3) is 2.99. The lowest BCUT2D eigenvalue weighted by molar-refractivity contribution is 0.0706. The SMILES string of the molecule is O=C(c1cccc2c1CNCC2)N1CCn2c(nnc2-c2ccc(Cl)cc2)C1. The summed E-state index contributed by atoms with van der Waals surface area (Å²) >= 11 is 5.99. The molecule has 3 aromatic rings. The number of carbonyl (C=O) groups is 1. The molecule has 6 nitrogen and oxygen atoms in total. The first-order chi connectivity index (χ1) is 13.7. The highest BCUT2D eigenvalue weighted by atomic mass is 35.5. The summed E-state index contributed by atoms with van der Waals surface area (Å²) in [6, 6.07) is 13.6. The summed E-state index contributed by atoms with van der Waals surface area (Å²) in [5, 5.41) is 12.8. The van der Waals surface area contributed by atoms with E-state index in [9.17, 15) is 4.79 Å². The molecular weight excluding hydrogens is 374 g/mol. The van der Waals surface area contributed by atoms with E-state index >= 15 is 0 Å². The predicted octanol–water partition coefficient (Wildman–Crippen LogP) is 2.90. The second kappa shape index (κ2) is 7.04. The first kappa shape index (κ1) is 17.4. The molecule has 2 aromatic carbocycles. The molecule has 3 heterocycles. The Bertz CT molecular complexity index is 1040. The molecule has 1 aromatic heterocycles. The molecule has 5 rings (SSSR count). The predicted molar refractivity (Wildman–Crippen MR) is 107 cm³/mol. The van der Waals surface area contributed by atoms with Gasteiger partial charge in [-0.05, 0) is 54.4 Å². The zero-order valence-electron chi connectivity index (χ0n) is 15.4. The van der Waals surface area contributed by atoms with Gasteiger partial charge in [-0.1, -0.05) is 23.7 Å². The van der Waals surface area contributed by atoms with E-state index in [1.807, 2.05) is 41.3 Å². The quantitative estimate of drug-likeness (QED) is 0.727. The summed E-state index contributed by atoms with van der Waals surface area (Å²) in [5.74, 6) is 1.70. The van der Waals surface area contributed by atoms with E-state index in [1.165, 1.54) is 5.56 Å². The van der Waals surface area contributed by atoms with Crippen LogP contribution in [0.5, 0.6) is 0 Å². The zero-order chi connectivity index (χ0) is 19.1. The van der Waals surface area contributed by atoms with Gasteiger partial charge < -0.3 is 14.8 Å². The minimum Gasteiger partial charge on any atom is -0.329 e. The largest absolute Gasteiger partial charge is 0.329 e. The Morgan fingerprint density at radius 2 is 1.93 bits per heavy atom. The number of benzene rings is 2. The molecule has 0 radical (unpaired) electrons. The number of carbonyl (C=O) groups excluding carboxylic acids is 1. The van der Waals surface area contributed by atoms with Crippen molar-refractivity contribution in [3.63, 3.8) is 0 Å². The molecule has 2 aliphatic heterocycles. The molecule has 0 unspecified atom stereocenters. The lowest BCUT2D eigenvalue weighted by Crippen LogP contribution is -2.39. The molecule has 0 bridgehead atoms. The van der Waals surface area contributed by atoms with Gasteiger partial charge in [0.05, 0.1) is 6.54 Å². The average Bonchev–Trinajstić information content (AvgIpc) is 3.16. The normalized spacial score (nSPS) is 15.8. The molecule has 1 N–H and O–H groups in total. The summed E-state index contributed by atoms with van der Waals surface area (Å²) in [4.78, 5) is 15.1. The topological polar surface area (TPSA) is 63.1 Å². The fraction of sp³-hybridized carbons (Fsp3) is 0.286. The van der Waals surface area contributed by atoms with E-state index in [-0.39, 0.29) is 5.91 Å². The minimum atomic E-state index is 0.0721. The fourth-order valence-corrected chi connectivity index (χ4v) is 4.15. The van der Waals surface area contributed by atoms with Crippen molar-refractivity contribution in [3.05, 3.63) is 70.0 Å². The van der Waals surface area contributed by atoms with Crippen LogP contribution in [0.1, 0.15) is 27.3 Å². The lowest BCUT2D eigenvalue weighted by atomic mass is 9.95. The highest BCUT2D eigenvalue weighted by molar-refractivity contribution is 6.30. The number of amides is 1. The van der Waals surface area contributed by atoms with Gasteiger partial charge in [-0.15, -0.1) is 10.2 Å². The number of fused-ring (bicyclic) bond motifs is 2. The van der Waals surface area contributed by atoms with Crippen LogP contribution in [-0.2, 0) is 26.1 Å². The molecule has 0 fully saturated rings. The van der Waals surface area contributed by atoms with Crippen LogP contribution in [0.2, 0.25) is 5.02 Å². The Hall–Kier alpha value is -2.70. The second-order valence-electron chi connectivity index (χ2n) is 7.20. The van der Waals surface area contributed by atoms with Crippen LogP contribution in [0.3, 0.4) is 0 Å². The van der Waals surface area contributed by atoms with Crippen molar-refractivity contribution in [1.29, 1.82) is 0 Å². The third-order valence-corrected chi connectivity index (χ3v) is 5.77. The van der Waals surface area contributed by atoms with Crippen LogP contribution >= 0.6 is 11.6 Å². The summed E-state index contributed by atoms with van der Waals surface area (Å²) in [6.45, 7) is 3.50. The monoisotopic (exact) mass is 393 g/mol. The molecule has 0 atom stereocenters. The first-order valence-electron chi connectivity index (χ1n) is 9.49. The van der Waals surface area contributed by atoms with E-state index in [1.54, 1.807) is 0 Å². The maximum absolute atomic E-state index is 13.2. The van der Waals surface area contributed by atoms with Gasteiger partial charge in [-0.3, -0.25) is 4.79 Å². The molecule has 7 heteroatoms. The molecule has 28 heavy (non-hydrogen) atoms. The Labute approximate surface area is 168 Å². The number of aromatic nitrogens is 3. The van der Waals surface area contributed by atoms with Gasteiger partial charge in [0, 0.05) is 35.8 Å². The van der Waals surface area contributed by atoms with Gasteiger partial charge in [-0.2, -0.15) is 0 Å². The fourth-order valence-electron chi connectivity index (χ4n) is 4.03. The van der Waals surface area contributed by atoms with Crippen LogP contribution in [-0.4, -0.2) is 38.7 Å². The summed E-state index contributed by atoms with van der Waals surface area (Å²) in [5.41, 5.74) is 4.18. The average molecular weight is 394 g/mol. The first-order valence-corrected chi connectivity index (χ1v) is 9.87. The number of hydrogen-bond acceptors (Lipinski definition) is 4. The van der Waals surface area contributed by atoms with Crippen molar-refractivity contribution < 1.29 is 4.79 Å². The molecule has 142 valence electrons. The molecule has 0 saturated carbocycles. The van der Waals surface area contributed by atoms with Gasteiger partial charge >= 0.3 is 0 Å². The number of nitrogens with one attached hydrogen (secondary N) is 1. The van der Waals surface area contributed by atoms with Crippen LogP contribution in [0.15, 0.2) is 42.5 Å². The maximum atomic E-state index is 13.2. The standard InChI is InChI=1S/C21H20ClN5O/c22-16-6-4-15(5-7-16)20-25-24-19-13-26(10-11-27(19)20)21(28)17-3-1-2-14-8-9-23-12-18(14)17/h1-7,23H,8-13H2. The molecule has 0 spiro atoms. The van der Waals surface area contributed by atoms with Gasteiger partial charge in [0.15, 0.2) is 11.6 Å². The van der Waals surface area contributed by atoms with Crippen LogP contribution in [0.25, 0.3) is 11.4 Å². The van der Waals surface area contributed by atoms with Gasteiger partial charge in [0.1, 0.15) is 0 Å². The maximum Gasteiger partial charge on any atom is 0.254 e. The smallest absolute Gasteiger partial charge is 0.254 e. The Balaban J connectivity index is 1.41. The van der Waals surface area contributed by atoms with Gasteiger partial charge in [-0.25, -0.2) is 0 Å². The van der Waals surface area contributed by atoms with E-state index in [0.29, 0.717) is 24.7 Å². The Morgan fingerprint density at radius 3 is 2.79 bits per heavy atom. The van der Waals surface area contributed by atoms with Gasteiger partial charge in [0.25, 0.3) is 5.91 Å². The van der Waals surface area contributed by atoms with Crippen molar-refractivity contribution in [2.45, 2.75) is 26.1 Å². The number of rotatable bonds is 2. The minimum absolute atomic E-state index is 0.0721. The molecule has 2 aliphatic rings. The zero-order valence-corrected chi connectivity index (χ0v) is 16.1. The second-order valence-corrected chi connectivity index (χ2v) is 7.63. The molecule has 1 amide bonds. The molecular formula is C21H20ClN5O. The van der Waals surface area contributed by atoms with E-state index in [0.717, 1.165) is 47.8 Å². The van der Waals surface area contributed by atoms with Crippen LogP contribution in [0, 0.1) is 0 Å². The van der Waals surface area contributed by atoms with Crippen LogP contribution < -0.4 is 5.32 Å². The van der Waals surface area contributed by atoms with Crippen molar-refractivity contribution >= 4 is 17.5 Å². The van der Waals surface area contributed by atoms with E-state index in [4.69, 9.17) is 11.6 Å². The van der Waals surface area contributed by atoms with Crippen molar-refractivity contribution in [3.8, 4) is 11.4 Å². The van der Waals surface area contributed by atoms with Crippen LogP contribution in [0.4, 0.5) is 0 Å². The third-order valence-electron chi connectivity index (χ3n) is 5.52. The lowest BCUT2D eigenvalue weighted by Gasteiger charge is -2.29. The molecule has 0 aliphatic carbocycles. The van der Waals surface area contributed by atoms with E-state index < -0.39 is 0 Å². The molecule has 0 saturated heterocycles. The van der Waals surface area contributed by atoms with Crippen molar-refractivity contribution in [2.75, 3.05) is 13.1 Å². The number of nitrogens with zero attached hydrogens (tertiary/aromatic N) is 4.